The fourth-order valence-electron chi connectivity index (χ4n) is 3.10. The number of amides is 3. The fraction of sp³-hybridized carbons (Fsp3) is 0.111. The Labute approximate surface area is 208 Å². The van der Waals surface area contributed by atoms with Crippen LogP contribution in [0.15, 0.2) is 91.5 Å². The number of carbonyl (C=O) groups excluding carboxylic acids is 4. The van der Waals surface area contributed by atoms with Crippen molar-refractivity contribution in [2.75, 3.05) is 25.2 Å². The second kappa shape index (κ2) is 13.1. The summed E-state index contributed by atoms with van der Waals surface area (Å²) in [6.07, 6.45) is 1.45. The van der Waals surface area contributed by atoms with Crippen LogP contribution in [0.5, 0.6) is 5.75 Å². The highest BCUT2D eigenvalue weighted by atomic mass is 16.6. The molecule has 3 rings (SSSR count). The monoisotopic (exact) mass is 487 g/mol. The van der Waals surface area contributed by atoms with E-state index in [0.29, 0.717) is 17.0 Å². The molecule has 0 saturated carbocycles. The molecule has 0 fully saturated rings. The van der Waals surface area contributed by atoms with Gasteiger partial charge in [-0.15, -0.1) is 0 Å². The zero-order valence-corrected chi connectivity index (χ0v) is 19.4. The van der Waals surface area contributed by atoms with Crippen molar-refractivity contribution in [3.05, 3.63) is 108 Å². The molecule has 3 aromatic rings. The van der Waals surface area contributed by atoms with Crippen LogP contribution in [0, 0.1) is 0 Å². The third kappa shape index (κ3) is 7.56. The van der Waals surface area contributed by atoms with Gasteiger partial charge in [0.15, 0.2) is 12.4 Å². The Kier molecular flexibility index (Phi) is 9.35. The molecule has 0 atom stereocenters. The SMILES string of the molecule is C=CCOC(=O)COc1cccc(NC(=O)NCNC(=O)c2ccccc2C(=O)c2ccccc2)c1. The van der Waals surface area contributed by atoms with Gasteiger partial charge in [0.2, 0.25) is 0 Å². The smallest absolute Gasteiger partial charge is 0.344 e. The molecule has 0 radical (unpaired) electrons. The normalized spacial score (nSPS) is 10.0. The Morgan fingerprint density at radius 2 is 1.56 bits per heavy atom. The van der Waals surface area contributed by atoms with E-state index in [1.54, 1.807) is 72.8 Å². The van der Waals surface area contributed by atoms with E-state index in [1.807, 2.05) is 0 Å². The van der Waals surface area contributed by atoms with E-state index in [0.717, 1.165) is 0 Å². The first-order chi connectivity index (χ1) is 17.5. The van der Waals surface area contributed by atoms with Crippen molar-refractivity contribution >= 4 is 29.4 Å². The Morgan fingerprint density at radius 1 is 0.833 bits per heavy atom. The molecule has 0 aliphatic rings. The van der Waals surface area contributed by atoms with E-state index >= 15 is 0 Å². The average Bonchev–Trinajstić information content (AvgIpc) is 2.91. The summed E-state index contributed by atoms with van der Waals surface area (Å²) in [5.74, 6) is -0.970. The van der Waals surface area contributed by atoms with E-state index in [4.69, 9.17) is 9.47 Å². The first-order valence-corrected chi connectivity index (χ1v) is 11.0. The molecule has 0 spiro atoms. The molecule has 9 heteroatoms. The van der Waals surface area contributed by atoms with Gasteiger partial charge < -0.3 is 25.4 Å². The molecule has 184 valence electrons. The minimum absolute atomic E-state index is 0.0927. The Hall–Kier alpha value is -4.92. The number of hydrogen-bond acceptors (Lipinski definition) is 6. The molecule has 0 saturated heterocycles. The summed E-state index contributed by atoms with van der Waals surface area (Å²) in [7, 11) is 0. The predicted molar refractivity (Wildman–Crippen MR) is 134 cm³/mol. The van der Waals surface area contributed by atoms with E-state index in [2.05, 4.69) is 22.5 Å². The van der Waals surface area contributed by atoms with Gasteiger partial charge in [-0.3, -0.25) is 9.59 Å². The summed E-state index contributed by atoms with van der Waals surface area (Å²) in [5.41, 5.74) is 1.34. The molecule has 3 N–H and O–H groups in total. The van der Waals surface area contributed by atoms with Gasteiger partial charge in [0.05, 0.1) is 12.2 Å². The highest BCUT2D eigenvalue weighted by molar-refractivity contribution is 6.15. The van der Waals surface area contributed by atoms with Gasteiger partial charge in [-0.1, -0.05) is 67.3 Å². The summed E-state index contributed by atoms with van der Waals surface area (Å²) in [6.45, 7) is 3.09. The van der Waals surface area contributed by atoms with Gasteiger partial charge in [-0.05, 0) is 18.2 Å². The highest BCUT2D eigenvalue weighted by Gasteiger charge is 2.17. The van der Waals surface area contributed by atoms with Crippen LogP contribution in [0.3, 0.4) is 0 Å². The van der Waals surface area contributed by atoms with Crippen molar-refractivity contribution in [1.29, 1.82) is 0 Å². The second-order valence-electron chi connectivity index (χ2n) is 7.34. The zero-order chi connectivity index (χ0) is 25.8. The van der Waals surface area contributed by atoms with Gasteiger partial charge >= 0.3 is 12.0 Å². The Morgan fingerprint density at radius 3 is 2.31 bits per heavy atom. The Balaban J connectivity index is 1.50. The molecule has 0 unspecified atom stereocenters. The molecule has 0 bridgehead atoms. The van der Waals surface area contributed by atoms with E-state index in [9.17, 15) is 19.2 Å². The maximum Gasteiger partial charge on any atom is 0.344 e. The molecule has 0 heterocycles. The molecular weight excluding hydrogens is 462 g/mol. The number of ketones is 1. The summed E-state index contributed by atoms with van der Waals surface area (Å²) in [5, 5.41) is 7.69. The largest absolute Gasteiger partial charge is 0.482 e. The number of carbonyl (C=O) groups is 4. The maximum atomic E-state index is 12.8. The molecule has 3 aromatic carbocycles. The summed E-state index contributed by atoms with van der Waals surface area (Å²) >= 11 is 0. The number of urea groups is 1. The average molecular weight is 488 g/mol. The van der Waals surface area contributed by atoms with Crippen LogP contribution in [0.1, 0.15) is 26.3 Å². The van der Waals surface area contributed by atoms with Crippen LogP contribution in [0.4, 0.5) is 10.5 Å². The zero-order valence-electron chi connectivity index (χ0n) is 19.4. The molecule has 0 aliphatic carbocycles. The number of esters is 1. The van der Waals surface area contributed by atoms with Crippen LogP contribution in [-0.4, -0.2) is 43.6 Å². The quantitative estimate of drug-likeness (QED) is 0.165. The summed E-state index contributed by atoms with van der Waals surface area (Å²) in [4.78, 5) is 49.2. The lowest BCUT2D eigenvalue weighted by atomic mass is 9.98. The highest BCUT2D eigenvalue weighted by Crippen LogP contribution is 2.17. The van der Waals surface area contributed by atoms with Crippen LogP contribution < -0.4 is 20.7 Å². The number of anilines is 1. The van der Waals surface area contributed by atoms with Gasteiger partial charge in [0, 0.05) is 22.9 Å². The van der Waals surface area contributed by atoms with Crippen LogP contribution in [0.25, 0.3) is 0 Å². The molecule has 3 amide bonds. The van der Waals surface area contributed by atoms with Crippen molar-refractivity contribution in [1.82, 2.24) is 10.6 Å². The number of nitrogens with one attached hydrogen (secondary N) is 3. The van der Waals surface area contributed by atoms with Crippen molar-refractivity contribution in [3.8, 4) is 5.75 Å². The number of rotatable bonds is 11. The van der Waals surface area contributed by atoms with Crippen molar-refractivity contribution < 1.29 is 28.7 Å². The van der Waals surface area contributed by atoms with Gasteiger partial charge in [0.25, 0.3) is 5.91 Å². The minimum atomic E-state index is -0.577. The number of hydrogen-bond donors (Lipinski definition) is 3. The standard InChI is InChI=1S/C27H25N3O6/c1-2-15-35-24(31)17-36-21-12-8-11-20(16-21)30-27(34)29-18-28-26(33)23-14-7-6-13-22(23)25(32)19-9-4-3-5-10-19/h2-14,16H,1,15,17-18H2,(H,28,33)(H2,29,30,34). The predicted octanol–water partition coefficient (Wildman–Crippen LogP) is 3.53. The summed E-state index contributed by atoms with van der Waals surface area (Å²) < 4.78 is 10.2. The molecule has 0 aromatic heterocycles. The van der Waals surface area contributed by atoms with E-state index in [1.165, 1.54) is 12.1 Å². The molecule has 36 heavy (non-hydrogen) atoms. The van der Waals surface area contributed by atoms with Gasteiger partial charge in [-0.2, -0.15) is 0 Å². The lowest BCUT2D eigenvalue weighted by Crippen LogP contribution is -2.39. The first kappa shape index (κ1) is 25.7. The van der Waals surface area contributed by atoms with Crippen LogP contribution in [-0.2, 0) is 9.53 Å². The third-order valence-electron chi connectivity index (χ3n) is 4.76. The van der Waals surface area contributed by atoms with Gasteiger partial charge in [0.1, 0.15) is 12.4 Å². The van der Waals surface area contributed by atoms with Gasteiger partial charge in [-0.25, -0.2) is 9.59 Å². The van der Waals surface area contributed by atoms with E-state index < -0.39 is 17.9 Å². The van der Waals surface area contributed by atoms with Crippen LogP contribution >= 0.6 is 0 Å². The molecule has 0 aliphatic heterocycles. The number of benzene rings is 3. The van der Waals surface area contributed by atoms with Crippen LogP contribution in [0.2, 0.25) is 0 Å². The lowest BCUT2D eigenvalue weighted by molar-refractivity contribution is -0.144. The molecular formula is C27H25N3O6. The maximum absolute atomic E-state index is 12.8. The fourth-order valence-corrected chi connectivity index (χ4v) is 3.10. The molecule has 9 nitrogen and oxygen atoms in total. The van der Waals surface area contributed by atoms with Crippen molar-refractivity contribution in [3.63, 3.8) is 0 Å². The van der Waals surface area contributed by atoms with Crippen molar-refractivity contribution in [2.24, 2.45) is 0 Å². The lowest BCUT2D eigenvalue weighted by Gasteiger charge is -2.12. The Bertz CT molecular complexity index is 1240. The minimum Gasteiger partial charge on any atom is -0.482 e. The van der Waals surface area contributed by atoms with Crippen molar-refractivity contribution in [2.45, 2.75) is 0 Å². The second-order valence-corrected chi connectivity index (χ2v) is 7.34. The summed E-state index contributed by atoms with van der Waals surface area (Å²) in [6, 6.07) is 21.0. The number of ether oxygens (including phenoxy) is 2. The third-order valence-corrected chi connectivity index (χ3v) is 4.76. The topological polar surface area (TPSA) is 123 Å². The first-order valence-electron chi connectivity index (χ1n) is 11.0. The van der Waals surface area contributed by atoms with E-state index in [-0.39, 0.29) is 36.8 Å².